The molecule has 1 aliphatic heterocycles. The zero-order chi connectivity index (χ0) is 17.3. The number of guanidine groups is 1. The van der Waals surface area contributed by atoms with Crippen LogP contribution >= 0.6 is 11.6 Å². The van der Waals surface area contributed by atoms with Gasteiger partial charge in [0, 0.05) is 24.2 Å². The molecule has 0 aromatic heterocycles. The minimum Gasteiger partial charge on any atom is -0.497 e. The van der Waals surface area contributed by atoms with E-state index in [0.717, 1.165) is 35.4 Å². The molecule has 4 nitrogen and oxygen atoms in total. The minimum atomic E-state index is -0.338. The molecule has 0 saturated heterocycles. The van der Waals surface area contributed by atoms with E-state index in [2.05, 4.69) is 13.0 Å². The monoisotopic (exact) mass is 343 g/mol. The Balaban J connectivity index is 2.06. The fourth-order valence-corrected chi connectivity index (χ4v) is 3.20. The van der Waals surface area contributed by atoms with Crippen LogP contribution in [-0.4, -0.2) is 31.6 Å². The van der Waals surface area contributed by atoms with E-state index < -0.39 is 0 Å². The van der Waals surface area contributed by atoms with Crippen LogP contribution in [0.25, 0.3) is 11.1 Å². The first kappa shape index (κ1) is 16.7. The van der Waals surface area contributed by atoms with Crippen molar-refractivity contribution in [3.05, 3.63) is 53.1 Å². The lowest BCUT2D eigenvalue weighted by Gasteiger charge is -2.35. The Bertz CT molecular complexity index is 790. The van der Waals surface area contributed by atoms with Crippen molar-refractivity contribution >= 4 is 17.6 Å². The van der Waals surface area contributed by atoms with Gasteiger partial charge in [0.1, 0.15) is 5.75 Å². The topological polar surface area (TPSA) is 50.9 Å². The molecule has 0 bridgehead atoms. The molecule has 0 fully saturated rings. The quantitative estimate of drug-likeness (QED) is 0.920. The second kappa shape index (κ2) is 6.36. The van der Waals surface area contributed by atoms with Crippen molar-refractivity contribution in [2.75, 3.05) is 20.7 Å². The van der Waals surface area contributed by atoms with Crippen LogP contribution < -0.4 is 10.5 Å². The number of aliphatic imine (C=N–C) groups is 1. The van der Waals surface area contributed by atoms with Gasteiger partial charge in [-0.2, -0.15) is 0 Å². The SMILES string of the molecule is COc1cccc(-c2cc(C3(C)CCN(C)C(N)=N3)ccc2Cl)c1. The minimum absolute atomic E-state index is 0.338. The molecule has 126 valence electrons. The standard InChI is InChI=1S/C19H22ClN3O/c1-19(9-10-23(2)18(21)22-19)14-7-8-17(20)16(12-14)13-5-4-6-15(11-13)24-3/h4-8,11-12H,9-10H2,1-3H3,(H2,21,22). The Labute approximate surface area is 147 Å². The number of nitrogens with two attached hydrogens (primary N) is 1. The third-order valence-corrected chi connectivity index (χ3v) is 4.99. The van der Waals surface area contributed by atoms with Crippen LogP contribution in [0.15, 0.2) is 47.5 Å². The van der Waals surface area contributed by atoms with Gasteiger partial charge in [-0.05, 0) is 48.7 Å². The number of halogens is 1. The zero-order valence-corrected chi connectivity index (χ0v) is 15.0. The molecule has 2 N–H and O–H groups in total. The predicted molar refractivity (Wildman–Crippen MR) is 99.7 cm³/mol. The summed E-state index contributed by atoms with van der Waals surface area (Å²) in [7, 11) is 3.62. The lowest BCUT2D eigenvalue weighted by Crippen LogP contribution is -2.43. The normalized spacial score (nSPS) is 20.7. The van der Waals surface area contributed by atoms with Crippen molar-refractivity contribution in [1.29, 1.82) is 0 Å². The van der Waals surface area contributed by atoms with E-state index >= 15 is 0 Å². The van der Waals surface area contributed by atoms with Crippen molar-refractivity contribution in [3.8, 4) is 16.9 Å². The van der Waals surface area contributed by atoms with E-state index in [1.807, 2.05) is 48.3 Å². The first-order chi connectivity index (χ1) is 11.4. The Morgan fingerprint density at radius 2 is 2.04 bits per heavy atom. The molecule has 0 aliphatic carbocycles. The molecule has 5 heteroatoms. The van der Waals surface area contributed by atoms with Gasteiger partial charge in [0.05, 0.1) is 12.6 Å². The van der Waals surface area contributed by atoms with Gasteiger partial charge in [-0.1, -0.05) is 29.8 Å². The third-order valence-electron chi connectivity index (χ3n) is 4.66. The predicted octanol–water partition coefficient (Wildman–Crippen LogP) is 3.88. The molecule has 2 aromatic rings. The van der Waals surface area contributed by atoms with Crippen molar-refractivity contribution in [3.63, 3.8) is 0 Å². The average molecular weight is 344 g/mol. The summed E-state index contributed by atoms with van der Waals surface area (Å²) in [5.74, 6) is 1.38. The van der Waals surface area contributed by atoms with Gasteiger partial charge in [-0.25, -0.2) is 4.99 Å². The molecule has 24 heavy (non-hydrogen) atoms. The molecule has 1 unspecified atom stereocenters. The van der Waals surface area contributed by atoms with Crippen LogP contribution in [0.5, 0.6) is 5.75 Å². The molecular formula is C19H22ClN3O. The summed E-state index contributed by atoms with van der Waals surface area (Å²) in [5, 5.41) is 0.709. The maximum Gasteiger partial charge on any atom is 0.191 e. The highest BCUT2D eigenvalue weighted by Crippen LogP contribution is 2.37. The molecule has 0 radical (unpaired) electrons. The van der Waals surface area contributed by atoms with Gasteiger partial charge in [-0.3, -0.25) is 0 Å². The van der Waals surface area contributed by atoms with E-state index in [4.69, 9.17) is 27.1 Å². The molecule has 0 amide bonds. The summed E-state index contributed by atoms with van der Waals surface area (Å²) in [6.07, 6.45) is 0.906. The number of methoxy groups -OCH3 is 1. The molecule has 1 heterocycles. The summed E-state index contributed by atoms with van der Waals surface area (Å²) in [6, 6.07) is 14.0. The summed E-state index contributed by atoms with van der Waals surface area (Å²) >= 11 is 6.45. The van der Waals surface area contributed by atoms with Gasteiger partial charge < -0.3 is 15.4 Å². The first-order valence-electron chi connectivity index (χ1n) is 7.94. The third kappa shape index (κ3) is 3.06. The van der Waals surface area contributed by atoms with Crippen molar-refractivity contribution in [2.24, 2.45) is 10.7 Å². The zero-order valence-electron chi connectivity index (χ0n) is 14.2. The Hall–Kier alpha value is -2.20. The summed E-state index contributed by atoms with van der Waals surface area (Å²) in [5.41, 5.74) is 8.81. The molecule has 3 rings (SSSR count). The largest absolute Gasteiger partial charge is 0.497 e. The number of ether oxygens (including phenoxy) is 1. The fourth-order valence-electron chi connectivity index (χ4n) is 2.98. The lowest BCUT2D eigenvalue weighted by molar-refractivity contribution is 0.339. The van der Waals surface area contributed by atoms with E-state index in [1.54, 1.807) is 7.11 Å². The van der Waals surface area contributed by atoms with E-state index in [0.29, 0.717) is 11.0 Å². The Kier molecular flexibility index (Phi) is 4.41. The number of hydrogen-bond donors (Lipinski definition) is 1. The smallest absolute Gasteiger partial charge is 0.191 e. The number of hydrogen-bond acceptors (Lipinski definition) is 4. The van der Waals surface area contributed by atoms with E-state index in [9.17, 15) is 0 Å². The maximum absolute atomic E-state index is 6.45. The van der Waals surface area contributed by atoms with Crippen LogP contribution in [0.3, 0.4) is 0 Å². The van der Waals surface area contributed by atoms with Crippen LogP contribution in [0.4, 0.5) is 0 Å². The van der Waals surface area contributed by atoms with Gasteiger partial charge in [-0.15, -0.1) is 0 Å². The summed E-state index contributed by atoms with van der Waals surface area (Å²) in [6.45, 7) is 2.99. The van der Waals surface area contributed by atoms with Crippen molar-refractivity contribution in [1.82, 2.24) is 4.90 Å². The van der Waals surface area contributed by atoms with Crippen LogP contribution in [0.2, 0.25) is 5.02 Å². The van der Waals surface area contributed by atoms with Gasteiger partial charge in [0.15, 0.2) is 5.96 Å². The number of benzene rings is 2. The molecule has 0 saturated carbocycles. The van der Waals surface area contributed by atoms with Gasteiger partial charge in [0.2, 0.25) is 0 Å². The molecule has 0 spiro atoms. The van der Waals surface area contributed by atoms with Crippen LogP contribution in [0, 0.1) is 0 Å². The molecule has 1 aliphatic rings. The highest BCUT2D eigenvalue weighted by atomic mass is 35.5. The molecular weight excluding hydrogens is 322 g/mol. The van der Waals surface area contributed by atoms with Crippen molar-refractivity contribution in [2.45, 2.75) is 18.9 Å². The summed E-state index contributed by atoms with van der Waals surface area (Å²) < 4.78 is 5.32. The number of nitrogens with zero attached hydrogens (tertiary/aromatic N) is 2. The molecule has 2 aromatic carbocycles. The highest BCUT2D eigenvalue weighted by molar-refractivity contribution is 6.33. The van der Waals surface area contributed by atoms with E-state index in [-0.39, 0.29) is 5.54 Å². The summed E-state index contributed by atoms with van der Waals surface area (Å²) in [4.78, 5) is 6.69. The highest BCUT2D eigenvalue weighted by Gasteiger charge is 2.31. The second-order valence-electron chi connectivity index (χ2n) is 6.34. The lowest BCUT2D eigenvalue weighted by atomic mass is 9.86. The van der Waals surface area contributed by atoms with E-state index in [1.165, 1.54) is 0 Å². The van der Waals surface area contributed by atoms with Crippen LogP contribution in [0.1, 0.15) is 18.9 Å². The fraction of sp³-hybridized carbons (Fsp3) is 0.316. The Morgan fingerprint density at radius 1 is 1.25 bits per heavy atom. The number of rotatable bonds is 3. The maximum atomic E-state index is 6.45. The average Bonchev–Trinajstić information content (AvgIpc) is 2.59. The molecule has 1 atom stereocenters. The first-order valence-corrected chi connectivity index (χ1v) is 8.32. The van der Waals surface area contributed by atoms with Gasteiger partial charge in [0.25, 0.3) is 0 Å². The van der Waals surface area contributed by atoms with Crippen LogP contribution in [-0.2, 0) is 5.54 Å². The van der Waals surface area contributed by atoms with Gasteiger partial charge >= 0.3 is 0 Å². The Morgan fingerprint density at radius 3 is 2.75 bits per heavy atom. The second-order valence-corrected chi connectivity index (χ2v) is 6.75. The van der Waals surface area contributed by atoms with Crippen molar-refractivity contribution < 1.29 is 4.74 Å².